The van der Waals surface area contributed by atoms with E-state index in [1.54, 1.807) is 6.92 Å². The minimum Gasteiger partial charge on any atom is -0.353 e. The minimum absolute atomic E-state index is 0.114. The molecule has 0 fully saturated rings. The van der Waals surface area contributed by atoms with E-state index in [9.17, 15) is 25.1 Å². The number of hydrogen-bond acceptors (Lipinski definition) is 6. The quantitative estimate of drug-likeness (QED) is 0.447. The van der Waals surface area contributed by atoms with E-state index in [0.29, 0.717) is 0 Å². The lowest BCUT2D eigenvalue weighted by Crippen LogP contribution is -2.46. The molecule has 0 saturated carbocycles. The molecule has 8 nitrogen and oxygen atoms in total. The van der Waals surface area contributed by atoms with Crippen molar-refractivity contribution >= 4 is 17.3 Å². The Morgan fingerprint density at radius 1 is 1.47 bits per heavy atom. The molecule has 0 radical (unpaired) electrons. The van der Waals surface area contributed by atoms with Crippen molar-refractivity contribution in [1.82, 2.24) is 5.01 Å². The van der Waals surface area contributed by atoms with Gasteiger partial charge in [0.15, 0.2) is 0 Å². The highest BCUT2D eigenvalue weighted by Crippen LogP contribution is 2.24. The molecular weight excluding hydrogens is 254 g/mol. The number of likely N-dealkylation sites (N-methyl/N-ethyl adjacent to an activating group) is 1. The van der Waals surface area contributed by atoms with Gasteiger partial charge in [0.2, 0.25) is 0 Å². The SMILES string of the molecule is CCN1N=C(c2cccc([N+](=O)[O-])c2)C(O)(O)C1=O. The van der Waals surface area contributed by atoms with Crippen LogP contribution in [0.25, 0.3) is 0 Å². The minimum atomic E-state index is -2.76. The van der Waals surface area contributed by atoms with Crippen LogP contribution in [0.2, 0.25) is 0 Å². The predicted octanol–water partition coefficient (Wildman–Crippen LogP) is -0.158. The first kappa shape index (κ1) is 13.1. The molecule has 0 spiro atoms. The number of hydrogen-bond donors (Lipinski definition) is 2. The Kier molecular flexibility index (Phi) is 3.05. The van der Waals surface area contributed by atoms with Crippen LogP contribution in [-0.2, 0) is 4.79 Å². The lowest BCUT2D eigenvalue weighted by Gasteiger charge is -2.15. The summed E-state index contributed by atoms with van der Waals surface area (Å²) in [5.41, 5.74) is -0.426. The monoisotopic (exact) mass is 265 g/mol. The first-order valence-corrected chi connectivity index (χ1v) is 5.48. The molecule has 1 aliphatic rings. The smallest absolute Gasteiger partial charge is 0.309 e. The zero-order valence-corrected chi connectivity index (χ0v) is 9.98. The molecule has 0 bridgehead atoms. The van der Waals surface area contributed by atoms with Crippen LogP contribution in [0.5, 0.6) is 0 Å². The first-order valence-electron chi connectivity index (χ1n) is 5.48. The number of benzene rings is 1. The molecule has 0 aromatic heterocycles. The normalized spacial score (nSPS) is 17.5. The van der Waals surface area contributed by atoms with Crippen LogP contribution in [0.4, 0.5) is 5.69 Å². The van der Waals surface area contributed by atoms with Gasteiger partial charge in [-0.1, -0.05) is 12.1 Å². The van der Waals surface area contributed by atoms with E-state index in [1.807, 2.05) is 0 Å². The van der Waals surface area contributed by atoms with Gasteiger partial charge in [0, 0.05) is 24.2 Å². The Hall–Kier alpha value is -2.32. The molecule has 0 atom stereocenters. The average Bonchev–Trinajstić information content (AvgIpc) is 2.61. The zero-order chi connectivity index (χ0) is 14.2. The van der Waals surface area contributed by atoms with Crippen LogP contribution >= 0.6 is 0 Å². The Balaban J connectivity index is 2.49. The van der Waals surface area contributed by atoms with Crippen molar-refractivity contribution in [3.8, 4) is 0 Å². The van der Waals surface area contributed by atoms with Crippen LogP contribution in [-0.4, -0.2) is 44.1 Å². The first-order chi connectivity index (χ1) is 8.87. The number of nitro benzene ring substituents is 1. The van der Waals surface area contributed by atoms with Gasteiger partial charge in [-0.15, -0.1) is 0 Å². The summed E-state index contributed by atoms with van der Waals surface area (Å²) in [6.45, 7) is 1.79. The molecule has 1 aliphatic heterocycles. The van der Waals surface area contributed by atoms with Crippen molar-refractivity contribution in [3.05, 3.63) is 39.9 Å². The molecule has 0 aliphatic carbocycles. The van der Waals surface area contributed by atoms with Crippen molar-refractivity contribution in [2.24, 2.45) is 5.10 Å². The second-order valence-electron chi connectivity index (χ2n) is 3.95. The molecule has 19 heavy (non-hydrogen) atoms. The summed E-state index contributed by atoms with van der Waals surface area (Å²) < 4.78 is 0. The number of non-ortho nitro benzene ring substituents is 1. The molecule has 2 N–H and O–H groups in total. The van der Waals surface area contributed by atoms with Gasteiger partial charge < -0.3 is 10.2 Å². The van der Waals surface area contributed by atoms with Crippen molar-refractivity contribution in [3.63, 3.8) is 0 Å². The van der Waals surface area contributed by atoms with Gasteiger partial charge in [0.05, 0.1) is 4.92 Å². The number of nitro groups is 1. The molecule has 0 unspecified atom stereocenters. The molecule has 100 valence electrons. The Morgan fingerprint density at radius 3 is 2.68 bits per heavy atom. The number of carbonyl (C=O) groups is 1. The third kappa shape index (κ3) is 2.07. The van der Waals surface area contributed by atoms with Gasteiger partial charge in [-0.2, -0.15) is 5.10 Å². The summed E-state index contributed by atoms with van der Waals surface area (Å²) in [6.07, 6.45) is 0. The van der Waals surface area contributed by atoms with E-state index in [4.69, 9.17) is 0 Å². The number of amides is 1. The van der Waals surface area contributed by atoms with Gasteiger partial charge >= 0.3 is 5.91 Å². The third-order valence-electron chi connectivity index (χ3n) is 2.71. The standard InChI is InChI=1S/C11H11N3O5/c1-2-13-10(15)11(16,17)9(12-13)7-4-3-5-8(6-7)14(18)19/h3-6,16-17H,2H2,1H3. The summed E-state index contributed by atoms with van der Waals surface area (Å²) in [5.74, 6) is -3.73. The highest BCUT2D eigenvalue weighted by Gasteiger charge is 2.48. The number of carbonyl (C=O) groups excluding carboxylic acids is 1. The maximum atomic E-state index is 11.6. The average molecular weight is 265 g/mol. The van der Waals surface area contributed by atoms with Gasteiger partial charge in [0.25, 0.3) is 11.5 Å². The molecule has 2 rings (SSSR count). The fourth-order valence-corrected chi connectivity index (χ4v) is 1.76. The summed E-state index contributed by atoms with van der Waals surface area (Å²) in [5, 5.41) is 34.9. The summed E-state index contributed by atoms with van der Waals surface area (Å²) >= 11 is 0. The fourth-order valence-electron chi connectivity index (χ4n) is 1.76. The highest BCUT2D eigenvalue weighted by atomic mass is 16.6. The highest BCUT2D eigenvalue weighted by molar-refractivity contribution is 6.20. The molecule has 1 aromatic carbocycles. The van der Waals surface area contributed by atoms with E-state index in [-0.39, 0.29) is 23.5 Å². The molecule has 1 heterocycles. The summed E-state index contributed by atoms with van der Waals surface area (Å²) in [4.78, 5) is 21.7. The number of nitrogens with zero attached hydrogens (tertiary/aromatic N) is 3. The third-order valence-corrected chi connectivity index (χ3v) is 2.71. The second-order valence-corrected chi connectivity index (χ2v) is 3.95. The van der Waals surface area contributed by atoms with E-state index in [0.717, 1.165) is 11.1 Å². The van der Waals surface area contributed by atoms with Crippen molar-refractivity contribution in [2.45, 2.75) is 12.7 Å². The van der Waals surface area contributed by atoms with E-state index in [2.05, 4.69) is 5.10 Å². The van der Waals surface area contributed by atoms with Gasteiger partial charge in [-0.05, 0) is 6.92 Å². The Bertz CT molecular complexity index is 581. The van der Waals surface area contributed by atoms with Gasteiger partial charge in [-0.25, -0.2) is 5.01 Å². The topological polar surface area (TPSA) is 116 Å². The Morgan fingerprint density at radius 2 is 2.16 bits per heavy atom. The predicted molar refractivity (Wildman–Crippen MR) is 64.2 cm³/mol. The number of hydrazone groups is 1. The van der Waals surface area contributed by atoms with Gasteiger partial charge in [-0.3, -0.25) is 14.9 Å². The van der Waals surface area contributed by atoms with E-state index in [1.165, 1.54) is 18.2 Å². The van der Waals surface area contributed by atoms with Crippen molar-refractivity contribution < 1.29 is 19.9 Å². The molecule has 1 amide bonds. The maximum absolute atomic E-state index is 11.6. The summed E-state index contributed by atoms with van der Waals surface area (Å²) in [6, 6.07) is 5.19. The van der Waals surface area contributed by atoms with Crippen LogP contribution in [0.3, 0.4) is 0 Å². The van der Waals surface area contributed by atoms with Crippen molar-refractivity contribution in [1.29, 1.82) is 0 Å². The molecular formula is C11H11N3O5. The lowest BCUT2D eigenvalue weighted by atomic mass is 10.0. The lowest BCUT2D eigenvalue weighted by molar-refractivity contribution is -0.384. The summed E-state index contributed by atoms with van der Waals surface area (Å²) in [7, 11) is 0. The van der Waals surface area contributed by atoms with E-state index < -0.39 is 16.6 Å². The molecule has 0 saturated heterocycles. The van der Waals surface area contributed by atoms with Crippen LogP contribution in [0, 0.1) is 10.1 Å². The number of rotatable bonds is 3. The number of aliphatic hydroxyl groups is 2. The van der Waals surface area contributed by atoms with Crippen LogP contribution < -0.4 is 0 Å². The largest absolute Gasteiger partial charge is 0.353 e. The zero-order valence-electron chi connectivity index (χ0n) is 9.98. The maximum Gasteiger partial charge on any atom is 0.309 e. The van der Waals surface area contributed by atoms with Crippen LogP contribution in [0.1, 0.15) is 12.5 Å². The fraction of sp³-hybridized carbons (Fsp3) is 0.273. The van der Waals surface area contributed by atoms with E-state index >= 15 is 0 Å². The van der Waals surface area contributed by atoms with Crippen LogP contribution in [0.15, 0.2) is 29.4 Å². The second kappa shape index (κ2) is 4.41. The molecule has 8 heteroatoms. The molecule has 1 aromatic rings. The van der Waals surface area contributed by atoms with Crippen molar-refractivity contribution in [2.75, 3.05) is 6.54 Å². The Labute approximate surface area is 107 Å². The van der Waals surface area contributed by atoms with Gasteiger partial charge in [0.1, 0.15) is 5.71 Å².